The SMILES string of the molecule is O=C(CN1CCCCCC1)Nc1cccc(NC(=O)C2CCN(c3nc4ccccc4o3)CC2)c1. The summed E-state index contributed by atoms with van der Waals surface area (Å²) in [7, 11) is 0. The smallest absolute Gasteiger partial charge is 0.298 e. The molecule has 2 N–H and O–H groups in total. The molecule has 0 radical (unpaired) electrons. The van der Waals surface area contributed by atoms with E-state index < -0.39 is 0 Å². The number of piperidine rings is 1. The van der Waals surface area contributed by atoms with Gasteiger partial charge in [-0.3, -0.25) is 14.5 Å². The summed E-state index contributed by atoms with van der Waals surface area (Å²) >= 11 is 0. The summed E-state index contributed by atoms with van der Waals surface area (Å²) in [5.41, 5.74) is 3.03. The molecule has 2 fully saturated rings. The lowest BCUT2D eigenvalue weighted by atomic mass is 9.96. The molecule has 3 heterocycles. The molecule has 8 heteroatoms. The number of oxazole rings is 1. The quantitative estimate of drug-likeness (QED) is 0.546. The number of carbonyl (C=O) groups is 2. The maximum absolute atomic E-state index is 12.9. The first-order chi connectivity index (χ1) is 17.1. The molecule has 2 amide bonds. The highest BCUT2D eigenvalue weighted by atomic mass is 16.4. The molecule has 2 aliphatic heterocycles. The molecule has 184 valence electrons. The summed E-state index contributed by atoms with van der Waals surface area (Å²) < 4.78 is 5.87. The van der Waals surface area contributed by atoms with Crippen molar-refractivity contribution in [3.05, 3.63) is 48.5 Å². The Labute approximate surface area is 205 Å². The minimum atomic E-state index is -0.0723. The lowest BCUT2D eigenvalue weighted by Crippen LogP contribution is -2.38. The minimum absolute atomic E-state index is 0.00950. The fourth-order valence-electron chi connectivity index (χ4n) is 4.95. The average Bonchev–Trinajstić information content (AvgIpc) is 3.14. The Morgan fingerprint density at radius 3 is 2.34 bits per heavy atom. The second kappa shape index (κ2) is 10.9. The number of rotatable bonds is 6. The summed E-state index contributed by atoms with van der Waals surface area (Å²) in [5, 5.41) is 6.01. The fourth-order valence-corrected chi connectivity index (χ4v) is 4.95. The molecular formula is C27H33N5O3. The Morgan fingerprint density at radius 2 is 1.60 bits per heavy atom. The third-order valence-electron chi connectivity index (χ3n) is 6.90. The number of likely N-dealkylation sites (tertiary alicyclic amines) is 1. The fraction of sp³-hybridized carbons (Fsp3) is 0.444. The van der Waals surface area contributed by atoms with Crippen LogP contribution in [0.5, 0.6) is 0 Å². The van der Waals surface area contributed by atoms with Crippen LogP contribution in [0.4, 0.5) is 17.4 Å². The van der Waals surface area contributed by atoms with E-state index in [0.29, 0.717) is 23.9 Å². The first-order valence-corrected chi connectivity index (χ1v) is 12.7. The third-order valence-corrected chi connectivity index (χ3v) is 6.90. The topological polar surface area (TPSA) is 90.7 Å². The van der Waals surface area contributed by atoms with E-state index in [0.717, 1.165) is 63.0 Å². The van der Waals surface area contributed by atoms with Crippen LogP contribution in [0.25, 0.3) is 11.1 Å². The van der Waals surface area contributed by atoms with Crippen molar-refractivity contribution in [2.75, 3.05) is 48.3 Å². The molecular weight excluding hydrogens is 442 g/mol. The highest BCUT2D eigenvalue weighted by Gasteiger charge is 2.27. The second-order valence-corrected chi connectivity index (χ2v) is 9.53. The van der Waals surface area contributed by atoms with Crippen molar-refractivity contribution in [1.82, 2.24) is 9.88 Å². The van der Waals surface area contributed by atoms with Crippen LogP contribution < -0.4 is 15.5 Å². The molecule has 0 spiro atoms. The Bertz CT molecular complexity index is 1130. The highest BCUT2D eigenvalue weighted by Crippen LogP contribution is 2.27. The van der Waals surface area contributed by atoms with E-state index in [2.05, 4.69) is 25.4 Å². The summed E-state index contributed by atoms with van der Waals surface area (Å²) in [6, 6.07) is 15.7. The van der Waals surface area contributed by atoms with E-state index in [4.69, 9.17) is 4.42 Å². The predicted octanol–water partition coefficient (Wildman–Crippen LogP) is 4.50. The maximum Gasteiger partial charge on any atom is 0.298 e. The van der Waals surface area contributed by atoms with Gasteiger partial charge in [-0.25, -0.2) is 0 Å². The zero-order chi connectivity index (χ0) is 24.0. The van der Waals surface area contributed by atoms with Crippen molar-refractivity contribution in [1.29, 1.82) is 0 Å². The van der Waals surface area contributed by atoms with E-state index in [-0.39, 0.29) is 17.7 Å². The largest absolute Gasteiger partial charge is 0.423 e. The van der Waals surface area contributed by atoms with Crippen molar-refractivity contribution < 1.29 is 14.0 Å². The van der Waals surface area contributed by atoms with Crippen LogP contribution in [0.15, 0.2) is 52.9 Å². The normalized spacial score (nSPS) is 17.8. The molecule has 0 saturated carbocycles. The Balaban J connectivity index is 1.12. The van der Waals surface area contributed by atoms with Crippen LogP contribution in [0.1, 0.15) is 38.5 Å². The summed E-state index contributed by atoms with van der Waals surface area (Å²) in [4.78, 5) is 34.3. The van der Waals surface area contributed by atoms with Gasteiger partial charge in [0, 0.05) is 30.4 Å². The van der Waals surface area contributed by atoms with Crippen LogP contribution in [-0.2, 0) is 9.59 Å². The van der Waals surface area contributed by atoms with Crippen molar-refractivity contribution in [3.8, 4) is 0 Å². The molecule has 2 aromatic carbocycles. The van der Waals surface area contributed by atoms with Gasteiger partial charge in [0.2, 0.25) is 11.8 Å². The molecule has 0 bridgehead atoms. The van der Waals surface area contributed by atoms with E-state index in [1.165, 1.54) is 12.8 Å². The van der Waals surface area contributed by atoms with Gasteiger partial charge >= 0.3 is 0 Å². The van der Waals surface area contributed by atoms with Crippen LogP contribution >= 0.6 is 0 Å². The lowest BCUT2D eigenvalue weighted by Gasteiger charge is -2.30. The number of benzene rings is 2. The zero-order valence-electron chi connectivity index (χ0n) is 20.0. The van der Waals surface area contributed by atoms with Gasteiger partial charge in [-0.05, 0) is 69.1 Å². The van der Waals surface area contributed by atoms with Gasteiger partial charge in [0.15, 0.2) is 5.58 Å². The molecule has 8 nitrogen and oxygen atoms in total. The molecule has 5 rings (SSSR count). The van der Waals surface area contributed by atoms with Crippen molar-refractivity contribution in [3.63, 3.8) is 0 Å². The van der Waals surface area contributed by atoms with Crippen LogP contribution in [0.2, 0.25) is 0 Å². The number of fused-ring (bicyclic) bond motifs is 1. The van der Waals surface area contributed by atoms with Gasteiger partial charge in [-0.15, -0.1) is 0 Å². The van der Waals surface area contributed by atoms with Crippen molar-refractivity contribution in [2.45, 2.75) is 38.5 Å². The molecule has 0 aliphatic carbocycles. The lowest BCUT2D eigenvalue weighted by molar-refractivity contribution is -0.120. The molecule has 0 unspecified atom stereocenters. The number of para-hydroxylation sites is 2. The monoisotopic (exact) mass is 475 g/mol. The number of anilines is 3. The second-order valence-electron chi connectivity index (χ2n) is 9.53. The number of amides is 2. The average molecular weight is 476 g/mol. The van der Waals surface area contributed by atoms with Gasteiger partial charge < -0.3 is 20.0 Å². The first-order valence-electron chi connectivity index (χ1n) is 12.7. The maximum atomic E-state index is 12.9. The third kappa shape index (κ3) is 6.00. The molecule has 0 atom stereocenters. The van der Waals surface area contributed by atoms with Crippen LogP contribution in [0, 0.1) is 5.92 Å². The molecule has 35 heavy (non-hydrogen) atoms. The molecule has 2 aliphatic rings. The van der Waals surface area contributed by atoms with Gasteiger partial charge in [0.1, 0.15) is 5.52 Å². The van der Waals surface area contributed by atoms with Gasteiger partial charge in [-0.2, -0.15) is 4.98 Å². The van der Waals surface area contributed by atoms with Crippen LogP contribution in [-0.4, -0.2) is 54.4 Å². The number of nitrogens with zero attached hydrogens (tertiary/aromatic N) is 3. The molecule has 1 aromatic heterocycles. The highest BCUT2D eigenvalue weighted by molar-refractivity contribution is 5.95. The summed E-state index contributed by atoms with van der Waals surface area (Å²) in [5.74, 6) is -0.0749. The van der Waals surface area contributed by atoms with Gasteiger partial charge in [0.25, 0.3) is 6.01 Å². The number of hydrogen-bond acceptors (Lipinski definition) is 6. The minimum Gasteiger partial charge on any atom is -0.423 e. The van der Waals surface area contributed by atoms with Gasteiger partial charge in [-0.1, -0.05) is 31.0 Å². The van der Waals surface area contributed by atoms with E-state index in [9.17, 15) is 9.59 Å². The predicted molar refractivity (Wildman–Crippen MR) is 138 cm³/mol. The number of nitrogens with one attached hydrogen (secondary N) is 2. The van der Waals surface area contributed by atoms with Crippen LogP contribution in [0.3, 0.4) is 0 Å². The number of carbonyl (C=O) groups excluding carboxylic acids is 2. The Morgan fingerprint density at radius 1 is 0.886 bits per heavy atom. The summed E-state index contributed by atoms with van der Waals surface area (Å²) in [6.07, 6.45) is 6.27. The van der Waals surface area contributed by atoms with Crippen molar-refractivity contribution in [2.24, 2.45) is 5.92 Å². The first kappa shape index (κ1) is 23.4. The van der Waals surface area contributed by atoms with E-state index >= 15 is 0 Å². The number of hydrogen-bond donors (Lipinski definition) is 2. The van der Waals surface area contributed by atoms with Crippen molar-refractivity contribution >= 4 is 40.3 Å². The Hall–Kier alpha value is -3.39. The number of aromatic nitrogens is 1. The Kier molecular flexibility index (Phi) is 7.28. The van der Waals surface area contributed by atoms with Gasteiger partial charge in [0.05, 0.1) is 6.54 Å². The van der Waals surface area contributed by atoms with E-state index in [1.54, 1.807) is 0 Å². The zero-order valence-corrected chi connectivity index (χ0v) is 20.0. The standard InChI is InChI=1S/C27H33N5O3/c33-25(19-31-14-5-1-2-6-15-31)28-21-8-7-9-22(18-21)29-26(34)20-12-16-32(17-13-20)27-30-23-10-3-4-11-24(23)35-27/h3-4,7-11,18,20H,1-2,5-6,12-17,19H2,(H,28,33)(H,29,34). The van der Waals surface area contributed by atoms with E-state index in [1.807, 2.05) is 48.5 Å². The summed E-state index contributed by atoms with van der Waals surface area (Å²) in [6.45, 7) is 3.81. The molecule has 2 saturated heterocycles. The molecule has 3 aromatic rings.